The van der Waals surface area contributed by atoms with Crippen molar-refractivity contribution in [1.29, 1.82) is 0 Å². The smallest absolute Gasteiger partial charge is 0.325 e. The number of nitrogens with zero attached hydrogens (tertiary/aromatic N) is 2. The molecule has 112 valence electrons. The zero-order valence-corrected chi connectivity index (χ0v) is 10.9. The Kier molecular flexibility index (Phi) is 3.93. The van der Waals surface area contributed by atoms with Gasteiger partial charge in [-0.1, -0.05) is 0 Å². The van der Waals surface area contributed by atoms with Crippen molar-refractivity contribution in [2.75, 3.05) is 0 Å². The van der Waals surface area contributed by atoms with Crippen LogP contribution in [0, 0.1) is 27.2 Å². The van der Waals surface area contributed by atoms with Crippen molar-refractivity contribution in [2.45, 2.75) is 19.3 Å². The molecule has 0 amide bonds. The molecule has 2 N–H and O–H groups in total. The number of carboxylic acids is 2. The molecule has 10 nitrogen and oxygen atoms in total. The highest BCUT2D eigenvalue weighted by molar-refractivity contribution is 6.06. The highest BCUT2D eigenvalue weighted by Gasteiger charge is 2.52. The summed E-state index contributed by atoms with van der Waals surface area (Å²) in [5.74, 6) is -3.88. The lowest BCUT2D eigenvalue weighted by atomic mass is 9.79. The molecule has 0 aromatic heterocycles. The molecule has 10 heteroatoms. The van der Waals surface area contributed by atoms with E-state index in [0.29, 0.717) is 6.92 Å². The summed E-state index contributed by atoms with van der Waals surface area (Å²) in [6.45, 7) is 1.90. The molecule has 1 rings (SSSR count). The highest BCUT2D eigenvalue weighted by Crippen LogP contribution is 2.41. The van der Waals surface area contributed by atoms with Crippen molar-refractivity contribution >= 4 is 23.3 Å². The minimum Gasteiger partial charge on any atom is -0.480 e. The van der Waals surface area contributed by atoms with Crippen LogP contribution in [0.1, 0.15) is 18.1 Å². The summed E-state index contributed by atoms with van der Waals surface area (Å²) in [5.41, 5.74) is -5.68. The zero-order chi connectivity index (χ0) is 16.5. The van der Waals surface area contributed by atoms with Gasteiger partial charge in [0.05, 0.1) is 9.85 Å². The van der Waals surface area contributed by atoms with Crippen LogP contribution in [0.25, 0.3) is 0 Å². The molecule has 0 saturated carbocycles. The highest BCUT2D eigenvalue weighted by atomic mass is 16.6. The third-order valence-corrected chi connectivity index (χ3v) is 3.09. The van der Waals surface area contributed by atoms with Crippen molar-refractivity contribution in [3.63, 3.8) is 0 Å². The maximum absolute atomic E-state index is 11.3. The number of aryl methyl sites for hydroxylation is 1. The van der Waals surface area contributed by atoms with Crippen LogP contribution >= 0.6 is 0 Å². The molecule has 0 radical (unpaired) electrons. The van der Waals surface area contributed by atoms with Gasteiger partial charge in [-0.2, -0.15) is 0 Å². The predicted molar refractivity (Wildman–Crippen MR) is 67.1 cm³/mol. The quantitative estimate of drug-likeness (QED) is 0.466. The number of aliphatic carboxylic acids is 2. The van der Waals surface area contributed by atoms with Gasteiger partial charge in [0, 0.05) is 11.6 Å². The lowest BCUT2D eigenvalue weighted by Crippen LogP contribution is -2.42. The molecule has 21 heavy (non-hydrogen) atoms. The zero-order valence-electron chi connectivity index (χ0n) is 10.9. The fraction of sp³-hybridized carbons (Fsp3) is 0.273. The Balaban J connectivity index is 4.01. The van der Waals surface area contributed by atoms with Gasteiger partial charge in [-0.3, -0.25) is 29.8 Å². The van der Waals surface area contributed by atoms with E-state index < -0.39 is 44.1 Å². The number of hydrogen-bond donors (Lipinski definition) is 2. The standard InChI is InChI=1S/C11H10N2O8/c1-5-3-4-6(12(18)19)7(8(5)13(20)21)11(2,9(14)15)10(16)17/h3-4H,1-2H3,(H,14,15)(H,16,17). The van der Waals surface area contributed by atoms with Gasteiger partial charge in [0.2, 0.25) is 0 Å². The molecular formula is C11H10N2O8. The summed E-state index contributed by atoms with van der Waals surface area (Å²) in [6.07, 6.45) is 0. The van der Waals surface area contributed by atoms with Gasteiger partial charge >= 0.3 is 11.9 Å². The molecule has 1 aromatic carbocycles. The molecule has 0 unspecified atom stereocenters. The van der Waals surface area contributed by atoms with Crippen LogP contribution in [0.15, 0.2) is 12.1 Å². The van der Waals surface area contributed by atoms with Crippen LogP contribution in [0.3, 0.4) is 0 Å². The molecule has 0 aliphatic heterocycles. The van der Waals surface area contributed by atoms with Gasteiger partial charge in [0.25, 0.3) is 11.4 Å². The summed E-state index contributed by atoms with van der Waals surface area (Å²) >= 11 is 0. The second-order valence-corrected chi connectivity index (χ2v) is 4.37. The third kappa shape index (κ3) is 2.38. The second kappa shape index (κ2) is 5.15. The maximum atomic E-state index is 11.3. The number of benzene rings is 1. The van der Waals surface area contributed by atoms with E-state index in [1.54, 1.807) is 0 Å². The van der Waals surface area contributed by atoms with E-state index in [1.165, 1.54) is 6.92 Å². The molecule has 0 fully saturated rings. The maximum Gasteiger partial charge on any atom is 0.325 e. The number of nitro groups is 2. The topological polar surface area (TPSA) is 161 Å². The SMILES string of the molecule is Cc1ccc([N+](=O)[O-])c(C(C)(C(=O)O)C(=O)O)c1[N+](=O)[O-]. The van der Waals surface area contributed by atoms with Crippen LogP contribution < -0.4 is 0 Å². The number of carbonyl (C=O) groups is 2. The Bertz CT molecular complexity index is 652. The number of rotatable bonds is 5. The van der Waals surface area contributed by atoms with E-state index in [-0.39, 0.29) is 5.56 Å². The molecule has 0 atom stereocenters. The van der Waals surface area contributed by atoms with E-state index in [4.69, 9.17) is 10.2 Å². The summed E-state index contributed by atoms with van der Waals surface area (Å²) in [6, 6.07) is 1.91. The summed E-state index contributed by atoms with van der Waals surface area (Å²) < 4.78 is 0. The normalized spacial score (nSPS) is 11.0. The minimum atomic E-state index is -2.82. The van der Waals surface area contributed by atoms with Crippen LogP contribution in [-0.4, -0.2) is 32.0 Å². The summed E-state index contributed by atoms with van der Waals surface area (Å²) in [7, 11) is 0. The Morgan fingerprint density at radius 3 is 1.90 bits per heavy atom. The monoisotopic (exact) mass is 298 g/mol. The first-order valence-electron chi connectivity index (χ1n) is 5.44. The Hall–Kier alpha value is -3.04. The fourth-order valence-electron chi connectivity index (χ4n) is 1.87. The van der Waals surface area contributed by atoms with Crippen molar-refractivity contribution in [1.82, 2.24) is 0 Å². The van der Waals surface area contributed by atoms with Crippen molar-refractivity contribution in [3.8, 4) is 0 Å². The van der Waals surface area contributed by atoms with Crippen molar-refractivity contribution in [3.05, 3.63) is 43.5 Å². The van der Waals surface area contributed by atoms with E-state index >= 15 is 0 Å². The second-order valence-electron chi connectivity index (χ2n) is 4.37. The summed E-state index contributed by atoms with van der Waals surface area (Å²) in [5, 5.41) is 40.4. The first-order valence-corrected chi connectivity index (χ1v) is 5.44. The molecule has 0 aliphatic carbocycles. The minimum absolute atomic E-state index is 0.0747. The lowest BCUT2D eigenvalue weighted by molar-refractivity contribution is -0.396. The van der Waals surface area contributed by atoms with E-state index in [0.717, 1.165) is 12.1 Å². The number of nitro benzene ring substituents is 2. The third-order valence-electron chi connectivity index (χ3n) is 3.09. The van der Waals surface area contributed by atoms with E-state index in [9.17, 15) is 29.8 Å². The molecule has 0 heterocycles. The summed E-state index contributed by atoms with van der Waals surface area (Å²) in [4.78, 5) is 42.6. The van der Waals surface area contributed by atoms with Crippen LogP contribution in [-0.2, 0) is 15.0 Å². The van der Waals surface area contributed by atoms with Gasteiger partial charge in [-0.15, -0.1) is 0 Å². The molecule has 0 spiro atoms. The van der Waals surface area contributed by atoms with E-state index in [1.807, 2.05) is 0 Å². The van der Waals surface area contributed by atoms with Crippen molar-refractivity contribution < 1.29 is 29.6 Å². The Morgan fingerprint density at radius 1 is 1.10 bits per heavy atom. The number of carboxylic acid groups (broad SMARTS) is 2. The average Bonchev–Trinajstić information content (AvgIpc) is 2.35. The van der Waals surface area contributed by atoms with Crippen LogP contribution in [0.5, 0.6) is 0 Å². The van der Waals surface area contributed by atoms with Gasteiger partial charge in [0.1, 0.15) is 5.56 Å². The van der Waals surface area contributed by atoms with Crippen molar-refractivity contribution in [2.24, 2.45) is 0 Å². The molecule has 0 saturated heterocycles. The molecule has 0 aliphatic rings. The Labute approximate surface area is 116 Å². The first-order chi connectivity index (χ1) is 9.55. The van der Waals surface area contributed by atoms with Gasteiger partial charge in [-0.05, 0) is 19.9 Å². The average molecular weight is 298 g/mol. The fourth-order valence-corrected chi connectivity index (χ4v) is 1.87. The van der Waals surface area contributed by atoms with Crippen LogP contribution in [0.4, 0.5) is 11.4 Å². The lowest BCUT2D eigenvalue weighted by Gasteiger charge is -2.20. The molecular weight excluding hydrogens is 288 g/mol. The van der Waals surface area contributed by atoms with Crippen LogP contribution in [0.2, 0.25) is 0 Å². The van der Waals surface area contributed by atoms with E-state index in [2.05, 4.69) is 0 Å². The molecule has 0 bridgehead atoms. The first kappa shape index (κ1) is 16.0. The predicted octanol–water partition coefficient (Wildman–Crippen LogP) is 1.24. The van der Waals surface area contributed by atoms with Gasteiger partial charge in [0.15, 0.2) is 5.41 Å². The van der Waals surface area contributed by atoms with Gasteiger partial charge in [-0.25, -0.2) is 0 Å². The largest absolute Gasteiger partial charge is 0.480 e. The number of hydrogen-bond acceptors (Lipinski definition) is 6. The Morgan fingerprint density at radius 2 is 1.57 bits per heavy atom. The van der Waals surface area contributed by atoms with Gasteiger partial charge < -0.3 is 10.2 Å². The molecule has 1 aromatic rings.